The molecule has 3 aromatic rings. The number of benzene rings is 2. The van der Waals surface area contributed by atoms with Gasteiger partial charge in [0, 0.05) is 18.9 Å². The number of halogens is 7. The van der Waals surface area contributed by atoms with Crippen LogP contribution in [0.3, 0.4) is 0 Å². The Bertz CT molecular complexity index is 1140. The molecule has 0 amide bonds. The minimum Gasteiger partial charge on any atom is -0.369 e. The van der Waals surface area contributed by atoms with Gasteiger partial charge in [0.2, 0.25) is 0 Å². The Morgan fingerprint density at radius 2 is 1.53 bits per heavy atom. The van der Waals surface area contributed by atoms with E-state index < -0.39 is 41.5 Å². The van der Waals surface area contributed by atoms with Crippen LogP contribution in [0.25, 0.3) is 0 Å². The monoisotopic (exact) mass is 487 g/mol. The standard InChI is InChI=1S/C23H20F7N3O/c1-12(15-7-16(22(25,26)27)9-17(8-15)23(28,29)30)34-20-10-21-32-31-13(2)33(21)11-19(20)14-3-5-18(24)6-4-14/h3-9,12,19-20H,10-11H2,1-2H3/t12-,19-,20+/m1/s1. The summed E-state index contributed by atoms with van der Waals surface area (Å²) in [4.78, 5) is 0. The van der Waals surface area contributed by atoms with Crippen molar-refractivity contribution in [2.24, 2.45) is 0 Å². The molecule has 1 aromatic heterocycles. The summed E-state index contributed by atoms with van der Waals surface area (Å²) in [7, 11) is 0. The van der Waals surface area contributed by atoms with E-state index in [0.717, 1.165) is 5.56 Å². The van der Waals surface area contributed by atoms with E-state index in [0.29, 0.717) is 30.3 Å². The fraction of sp³-hybridized carbons (Fsp3) is 0.391. The molecule has 4 nitrogen and oxygen atoms in total. The van der Waals surface area contributed by atoms with Crippen LogP contribution in [0, 0.1) is 12.7 Å². The van der Waals surface area contributed by atoms with Crippen LogP contribution >= 0.6 is 0 Å². The van der Waals surface area contributed by atoms with Crippen LogP contribution in [-0.4, -0.2) is 20.9 Å². The Morgan fingerprint density at radius 3 is 2.09 bits per heavy atom. The molecule has 2 aromatic carbocycles. The third-order valence-corrected chi connectivity index (χ3v) is 5.98. The SMILES string of the molecule is Cc1nnc2n1C[C@H](c1ccc(F)cc1)[C@@H](O[C@H](C)c1cc(C(F)(F)F)cc(C(F)(F)F)c1)C2. The zero-order valence-corrected chi connectivity index (χ0v) is 18.1. The number of aryl methyl sites for hydroxylation is 1. The first-order valence-electron chi connectivity index (χ1n) is 10.4. The highest BCUT2D eigenvalue weighted by Gasteiger charge is 2.38. The second kappa shape index (κ2) is 8.68. The van der Waals surface area contributed by atoms with Crippen molar-refractivity contribution >= 4 is 0 Å². The molecule has 182 valence electrons. The van der Waals surface area contributed by atoms with Gasteiger partial charge < -0.3 is 9.30 Å². The molecular formula is C23H20F7N3O. The van der Waals surface area contributed by atoms with E-state index in [2.05, 4.69) is 10.2 Å². The summed E-state index contributed by atoms with van der Waals surface area (Å²) in [5.41, 5.74) is -2.33. The molecule has 0 radical (unpaired) electrons. The summed E-state index contributed by atoms with van der Waals surface area (Å²) in [6.07, 6.45) is -11.4. The molecular weight excluding hydrogens is 467 g/mol. The highest BCUT2D eigenvalue weighted by Crippen LogP contribution is 2.39. The van der Waals surface area contributed by atoms with Gasteiger partial charge in [0.1, 0.15) is 17.5 Å². The number of alkyl halides is 6. The van der Waals surface area contributed by atoms with Crippen LogP contribution in [0.4, 0.5) is 30.7 Å². The van der Waals surface area contributed by atoms with E-state index in [1.54, 1.807) is 19.1 Å². The second-order valence-electron chi connectivity index (χ2n) is 8.29. The van der Waals surface area contributed by atoms with Crippen molar-refractivity contribution in [2.75, 3.05) is 0 Å². The Morgan fingerprint density at radius 1 is 0.941 bits per heavy atom. The maximum atomic E-state index is 13.5. The fourth-order valence-corrected chi connectivity index (χ4v) is 4.18. The molecule has 0 saturated carbocycles. The zero-order chi connectivity index (χ0) is 24.8. The van der Waals surface area contributed by atoms with E-state index in [-0.39, 0.29) is 24.0 Å². The smallest absolute Gasteiger partial charge is 0.369 e. The first-order valence-corrected chi connectivity index (χ1v) is 10.4. The van der Waals surface area contributed by atoms with E-state index in [1.165, 1.54) is 19.1 Å². The number of rotatable bonds is 4. The quantitative estimate of drug-likeness (QED) is 0.409. The van der Waals surface area contributed by atoms with Crippen LogP contribution in [0.5, 0.6) is 0 Å². The van der Waals surface area contributed by atoms with Crippen molar-refractivity contribution in [1.29, 1.82) is 0 Å². The van der Waals surface area contributed by atoms with Crippen LogP contribution in [0.15, 0.2) is 42.5 Å². The highest BCUT2D eigenvalue weighted by atomic mass is 19.4. The molecule has 0 spiro atoms. The van der Waals surface area contributed by atoms with E-state index >= 15 is 0 Å². The Balaban J connectivity index is 1.69. The third-order valence-electron chi connectivity index (χ3n) is 5.98. The molecule has 34 heavy (non-hydrogen) atoms. The van der Waals surface area contributed by atoms with Crippen molar-refractivity contribution in [3.8, 4) is 0 Å². The van der Waals surface area contributed by atoms with E-state index in [4.69, 9.17) is 4.74 Å². The molecule has 11 heteroatoms. The molecule has 0 fully saturated rings. The summed E-state index contributed by atoms with van der Waals surface area (Å²) >= 11 is 0. The molecule has 3 atom stereocenters. The molecule has 0 aliphatic carbocycles. The van der Waals surface area contributed by atoms with Gasteiger partial charge in [-0.1, -0.05) is 12.1 Å². The van der Waals surface area contributed by atoms with Gasteiger partial charge in [-0.25, -0.2) is 4.39 Å². The number of hydrogen-bond donors (Lipinski definition) is 0. The van der Waals surface area contributed by atoms with Gasteiger partial charge in [0.25, 0.3) is 0 Å². The van der Waals surface area contributed by atoms with Gasteiger partial charge >= 0.3 is 12.4 Å². The number of hydrogen-bond acceptors (Lipinski definition) is 3. The number of nitrogens with zero attached hydrogens (tertiary/aromatic N) is 3. The van der Waals surface area contributed by atoms with Crippen LogP contribution in [-0.2, 0) is 30.1 Å². The first-order chi connectivity index (χ1) is 15.8. The van der Waals surface area contributed by atoms with Crippen molar-refractivity contribution in [1.82, 2.24) is 14.8 Å². The summed E-state index contributed by atoms with van der Waals surface area (Å²) in [6, 6.07) is 7.16. The Kier molecular flexibility index (Phi) is 6.17. The van der Waals surface area contributed by atoms with Crippen molar-refractivity contribution in [3.05, 3.63) is 82.2 Å². The van der Waals surface area contributed by atoms with E-state index in [9.17, 15) is 30.7 Å². The van der Waals surface area contributed by atoms with Gasteiger partial charge in [0.15, 0.2) is 0 Å². The first kappa shape index (κ1) is 24.2. The number of aromatic nitrogens is 3. The number of ether oxygens (including phenoxy) is 1. The van der Waals surface area contributed by atoms with Crippen molar-refractivity contribution < 1.29 is 35.5 Å². The normalized spacial score (nSPS) is 19.7. The average molecular weight is 487 g/mol. The van der Waals surface area contributed by atoms with Gasteiger partial charge in [-0.2, -0.15) is 26.3 Å². The van der Waals surface area contributed by atoms with Crippen LogP contribution < -0.4 is 0 Å². The molecule has 4 rings (SSSR count). The fourth-order valence-electron chi connectivity index (χ4n) is 4.18. The van der Waals surface area contributed by atoms with Crippen molar-refractivity contribution in [2.45, 2.75) is 57.3 Å². The minimum atomic E-state index is -4.95. The summed E-state index contributed by atoms with van der Waals surface area (Å²) in [6.45, 7) is 3.54. The minimum absolute atomic E-state index is 0.0867. The van der Waals surface area contributed by atoms with Crippen LogP contribution in [0.1, 0.15) is 52.8 Å². The molecule has 2 heterocycles. The maximum Gasteiger partial charge on any atom is 0.416 e. The summed E-state index contributed by atoms with van der Waals surface area (Å²) in [5.74, 6) is 0.461. The average Bonchev–Trinajstić information content (AvgIpc) is 3.12. The molecule has 0 N–H and O–H groups in total. The van der Waals surface area contributed by atoms with Gasteiger partial charge in [-0.3, -0.25) is 0 Å². The molecule has 1 aliphatic heterocycles. The van der Waals surface area contributed by atoms with Gasteiger partial charge in [-0.15, -0.1) is 10.2 Å². The van der Waals surface area contributed by atoms with Gasteiger partial charge in [0.05, 0.1) is 23.3 Å². The summed E-state index contributed by atoms with van der Waals surface area (Å²) < 4.78 is 101. The predicted molar refractivity (Wildman–Crippen MR) is 107 cm³/mol. The molecule has 0 unspecified atom stereocenters. The Labute approximate surface area is 190 Å². The largest absolute Gasteiger partial charge is 0.416 e. The molecule has 0 bridgehead atoms. The van der Waals surface area contributed by atoms with Crippen molar-refractivity contribution in [3.63, 3.8) is 0 Å². The highest BCUT2D eigenvalue weighted by molar-refractivity contribution is 5.35. The zero-order valence-electron chi connectivity index (χ0n) is 18.1. The van der Waals surface area contributed by atoms with E-state index in [1.807, 2.05) is 4.57 Å². The molecule has 1 aliphatic rings. The van der Waals surface area contributed by atoms with Gasteiger partial charge in [-0.05, 0) is 55.3 Å². The lowest BCUT2D eigenvalue weighted by molar-refractivity contribution is -0.143. The topological polar surface area (TPSA) is 39.9 Å². The predicted octanol–water partition coefficient (Wildman–Crippen LogP) is 6.25. The summed E-state index contributed by atoms with van der Waals surface area (Å²) in [5, 5.41) is 8.13. The molecule has 0 saturated heterocycles. The maximum absolute atomic E-state index is 13.5. The Hall–Kier alpha value is -2.95. The number of fused-ring (bicyclic) bond motifs is 1. The lowest BCUT2D eigenvalue weighted by Gasteiger charge is -2.34. The third kappa shape index (κ3) is 4.94. The lowest BCUT2D eigenvalue weighted by Crippen LogP contribution is -2.35. The van der Waals surface area contributed by atoms with Crippen LogP contribution in [0.2, 0.25) is 0 Å². The lowest BCUT2D eigenvalue weighted by atomic mass is 9.88. The second-order valence-corrected chi connectivity index (χ2v) is 8.29.